The molecule has 0 fully saturated rings. The molecule has 24 heavy (non-hydrogen) atoms. The molecule has 1 unspecified atom stereocenters. The Hall–Kier alpha value is -1.01. The van der Waals surface area contributed by atoms with Crippen molar-refractivity contribution in [3.63, 3.8) is 0 Å². The number of benzene rings is 1. The molecule has 0 aliphatic heterocycles. The number of carbonyl (C=O) groups is 2. The number of halogens is 3. The average molecular weight is 397 g/mol. The van der Waals surface area contributed by atoms with Crippen LogP contribution in [0.2, 0.25) is 10.0 Å². The second kappa shape index (κ2) is 11.5. The monoisotopic (exact) mass is 395 g/mol. The molecule has 0 aliphatic rings. The van der Waals surface area contributed by atoms with Crippen LogP contribution in [-0.4, -0.2) is 35.8 Å². The number of hydrogen-bond donors (Lipinski definition) is 2. The maximum Gasteiger partial charge on any atom is 0.244 e. The normalized spacial score (nSPS) is 11.4. The molecule has 3 N–H and O–H groups in total. The van der Waals surface area contributed by atoms with Crippen LogP contribution < -0.4 is 11.1 Å². The maximum absolute atomic E-state index is 12.3. The van der Waals surface area contributed by atoms with E-state index < -0.39 is 6.04 Å². The molecule has 0 saturated carbocycles. The van der Waals surface area contributed by atoms with Crippen LogP contribution >= 0.6 is 35.6 Å². The van der Waals surface area contributed by atoms with Gasteiger partial charge in [0.25, 0.3) is 0 Å². The lowest BCUT2D eigenvalue weighted by molar-refractivity contribution is -0.136. The predicted molar refractivity (Wildman–Crippen MR) is 102 cm³/mol. The largest absolute Gasteiger partial charge is 0.332 e. The summed E-state index contributed by atoms with van der Waals surface area (Å²) in [7, 11) is 0. The van der Waals surface area contributed by atoms with E-state index in [9.17, 15) is 9.59 Å². The fraction of sp³-hybridized carbons (Fsp3) is 0.500. The highest BCUT2D eigenvalue weighted by Gasteiger charge is 2.22. The third-order valence-corrected chi connectivity index (χ3v) is 3.82. The zero-order valence-corrected chi connectivity index (χ0v) is 16.2. The van der Waals surface area contributed by atoms with E-state index in [2.05, 4.69) is 5.32 Å². The number of nitrogens with one attached hydrogen (secondary N) is 1. The number of anilines is 1. The van der Waals surface area contributed by atoms with Gasteiger partial charge in [0.15, 0.2) is 0 Å². The molecule has 0 spiro atoms. The van der Waals surface area contributed by atoms with E-state index in [1.165, 1.54) is 4.90 Å². The van der Waals surface area contributed by atoms with Crippen molar-refractivity contribution < 1.29 is 9.59 Å². The molecular weight excluding hydrogens is 373 g/mol. The quantitative estimate of drug-likeness (QED) is 0.703. The topological polar surface area (TPSA) is 75.4 Å². The van der Waals surface area contributed by atoms with Crippen molar-refractivity contribution in [2.75, 3.05) is 18.4 Å². The standard InChI is InChI=1S/C16H23Cl2N3O2.ClH/c1-3-5-13(19)16(23)21(8-4-2)10-15(22)20-14-9-11(17)6-7-12(14)18;/h6-7,9,13H,3-5,8,10,19H2,1-2H3,(H,20,22);1H. The van der Waals surface area contributed by atoms with Crippen LogP contribution in [0, 0.1) is 0 Å². The molecule has 1 aromatic carbocycles. The minimum absolute atomic E-state index is 0. The van der Waals surface area contributed by atoms with Gasteiger partial charge in [0.1, 0.15) is 0 Å². The first-order chi connectivity index (χ1) is 10.9. The summed E-state index contributed by atoms with van der Waals surface area (Å²) in [6, 6.07) is 4.23. The van der Waals surface area contributed by atoms with Crippen LogP contribution in [0.5, 0.6) is 0 Å². The Balaban J connectivity index is 0.00000529. The van der Waals surface area contributed by atoms with Gasteiger partial charge in [-0.1, -0.05) is 43.5 Å². The van der Waals surface area contributed by atoms with Crippen LogP contribution in [-0.2, 0) is 9.59 Å². The lowest BCUT2D eigenvalue weighted by Crippen LogP contribution is -2.47. The Morgan fingerprint density at radius 1 is 1.25 bits per heavy atom. The molecule has 0 bridgehead atoms. The summed E-state index contributed by atoms with van der Waals surface area (Å²) in [5.74, 6) is -0.541. The van der Waals surface area contributed by atoms with Crippen molar-refractivity contribution in [3.8, 4) is 0 Å². The third-order valence-electron chi connectivity index (χ3n) is 3.26. The molecule has 8 heteroatoms. The molecule has 1 aromatic rings. The highest BCUT2D eigenvalue weighted by atomic mass is 35.5. The molecule has 2 amide bonds. The first-order valence-corrected chi connectivity index (χ1v) is 8.43. The van der Waals surface area contributed by atoms with Crippen molar-refractivity contribution in [1.29, 1.82) is 0 Å². The van der Waals surface area contributed by atoms with Gasteiger partial charge in [0, 0.05) is 11.6 Å². The molecule has 0 heterocycles. The fourth-order valence-corrected chi connectivity index (χ4v) is 2.50. The van der Waals surface area contributed by atoms with Gasteiger partial charge in [0.2, 0.25) is 11.8 Å². The Bertz CT molecular complexity index is 555. The number of nitrogens with zero attached hydrogens (tertiary/aromatic N) is 1. The minimum atomic E-state index is -0.575. The van der Waals surface area contributed by atoms with Crippen molar-refractivity contribution in [2.45, 2.75) is 39.2 Å². The highest BCUT2D eigenvalue weighted by molar-refractivity contribution is 6.35. The summed E-state index contributed by atoms with van der Waals surface area (Å²) in [5, 5.41) is 3.53. The lowest BCUT2D eigenvalue weighted by Gasteiger charge is -2.24. The Morgan fingerprint density at radius 3 is 2.50 bits per heavy atom. The SMILES string of the molecule is CCCC(N)C(=O)N(CCC)CC(=O)Nc1cc(Cl)ccc1Cl.Cl. The van der Waals surface area contributed by atoms with Crippen LogP contribution in [0.4, 0.5) is 5.69 Å². The van der Waals surface area contributed by atoms with E-state index >= 15 is 0 Å². The van der Waals surface area contributed by atoms with E-state index in [1.807, 2.05) is 13.8 Å². The molecular formula is C16H24Cl3N3O2. The van der Waals surface area contributed by atoms with Gasteiger partial charge in [-0.2, -0.15) is 0 Å². The van der Waals surface area contributed by atoms with Gasteiger partial charge in [-0.3, -0.25) is 9.59 Å². The summed E-state index contributed by atoms with van der Waals surface area (Å²) < 4.78 is 0. The van der Waals surface area contributed by atoms with E-state index in [1.54, 1.807) is 18.2 Å². The Morgan fingerprint density at radius 2 is 1.92 bits per heavy atom. The van der Waals surface area contributed by atoms with Crippen LogP contribution in [0.25, 0.3) is 0 Å². The van der Waals surface area contributed by atoms with Gasteiger partial charge >= 0.3 is 0 Å². The molecule has 0 aromatic heterocycles. The molecule has 0 saturated heterocycles. The van der Waals surface area contributed by atoms with E-state index in [0.717, 1.165) is 12.8 Å². The van der Waals surface area contributed by atoms with E-state index in [4.69, 9.17) is 28.9 Å². The molecule has 0 radical (unpaired) electrons. The van der Waals surface area contributed by atoms with Gasteiger partial charge in [-0.15, -0.1) is 12.4 Å². The van der Waals surface area contributed by atoms with Crippen LogP contribution in [0.3, 0.4) is 0 Å². The molecule has 1 rings (SSSR count). The first kappa shape index (κ1) is 23.0. The zero-order chi connectivity index (χ0) is 17.4. The predicted octanol–water partition coefficient (Wildman–Crippen LogP) is 3.72. The van der Waals surface area contributed by atoms with Gasteiger partial charge < -0.3 is 16.0 Å². The Kier molecular flexibility index (Phi) is 11.0. The third kappa shape index (κ3) is 7.26. The number of rotatable bonds is 8. The molecule has 136 valence electrons. The number of nitrogens with two attached hydrogens (primary N) is 1. The Labute approximate surface area is 159 Å². The van der Waals surface area contributed by atoms with Crippen molar-refractivity contribution in [1.82, 2.24) is 4.90 Å². The average Bonchev–Trinajstić information content (AvgIpc) is 2.50. The van der Waals surface area contributed by atoms with Gasteiger partial charge in [-0.05, 0) is 31.0 Å². The zero-order valence-electron chi connectivity index (χ0n) is 13.9. The fourth-order valence-electron chi connectivity index (χ4n) is 2.16. The second-order valence-electron chi connectivity index (χ2n) is 5.33. The number of amides is 2. The summed E-state index contributed by atoms with van der Waals surface area (Å²) >= 11 is 11.9. The molecule has 5 nitrogen and oxygen atoms in total. The van der Waals surface area contributed by atoms with Crippen molar-refractivity contribution >= 4 is 53.1 Å². The maximum atomic E-state index is 12.3. The minimum Gasteiger partial charge on any atom is -0.332 e. The van der Waals surface area contributed by atoms with Crippen molar-refractivity contribution in [2.24, 2.45) is 5.73 Å². The van der Waals surface area contributed by atoms with Gasteiger partial charge in [-0.25, -0.2) is 0 Å². The van der Waals surface area contributed by atoms with E-state index in [0.29, 0.717) is 28.7 Å². The smallest absolute Gasteiger partial charge is 0.244 e. The van der Waals surface area contributed by atoms with Crippen LogP contribution in [0.1, 0.15) is 33.1 Å². The highest BCUT2D eigenvalue weighted by Crippen LogP contribution is 2.25. The number of carbonyl (C=O) groups excluding carboxylic acids is 2. The van der Waals surface area contributed by atoms with Gasteiger partial charge in [0.05, 0.1) is 23.3 Å². The summed E-state index contributed by atoms with van der Waals surface area (Å²) in [5.41, 5.74) is 6.29. The summed E-state index contributed by atoms with van der Waals surface area (Å²) in [6.45, 7) is 4.32. The number of hydrogen-bond acceptors (Lipinski definition) is 3. The summed E-state index contributed by atoms with van der Waals surface area (Å²) in [6.07, 6.45) is 2.16. The summed E-state index contributed by atoms with van der Waals surface area (Å²) in [4.78, 5) is 26.0. The second-order valence-corrected chi connectivity index (χ2v) is 6.17. The van der Waals surface area contributed by atoms with Crippen molar-refractivity contribution in [3.05, 3.63) is 28.2 Å². The van der Waals surface area contributed by atoms with Crippen LogP contribution in [0.15, 0.2) is 18.2 Å². The van der Waals surface area contributed by atoms with E-state index in [-0.39, 0.29) is 30.8 Å². The molecule has 1 atom stereocenters. The molecule has 0 aliphatic carbocycles. The lowest BCUT2D eigenvalue weighted by atomic mass is 10.1. The first-order valence-electron chi connectivity index (χ1n) is 7.68.